The molecule has 52 heavy (non-hydrogen) atoms. The van der Waals surface area contributed by atoms with E-state index in [-0.39, 0.29) is 54.2 Å². The van der Waals surface area contributed by atoms with Crippen molar-refractivity contribution in [2.75, 3.05) is 39.3 Å². The summed E-state index contributed by atoms with van der Waals surface area (Å²) in [6, 6.07) is 3.88. The minimum absolute atomic E-state index is 0.151. The number of pyridine rings is 3. The lowest BCUT2D eigenvalue weighted by Gasteiger charge is -2.22. The molecule has 16 nitrogen and oxygen atoms in total. The topological polar surface area (TPSA) is 217 Å². The van der Waals surface area contributed by atoms with Crippen LogP contribution in [0.1, 0.15) is 55.6 Å². The van der Waals surface area contributed by atoms with Gasteiger partial charge < -0.3 is 49.9 Å². The fourth-order valence-corrected chi connectivity index (χ4v) is 5.53. The zero-order valence-corrected chi connectivity index (χ0v) is 30.2. The van der Waals surface area contributed by atoms with Gasteiger partial charge in [-0.1, -0.05) is 0 Å². The third-order valence-electron chi connectivity index (χ3n) is 8.90. The maximum absolute atomic E-state index is 12.7. The molecule has 3 rings (SSSR count). The molecule has 0 radical (unpaired) electrons. The molecule has 16 heteroatoms. The van der Waals surface area contributed by atoms with Gasteiger partial charge in [-0.25, -0.2) is 0 Å². The minimum Gasteiger partial charge on any atom is -0.503 e. The van der Waals surface area contributed by atoms with Gasteiger partial charge in [0.15, 0.2) is 17.2 Å². The van der Waals surface area contributed by atoms with Crippen LogP contribution in [0.5, 0.6) is 17.2 Å². The van der Waals surface area contributed by atoms with Crippen molar-refractivity contribution in [3.8, 4) is 17.2 Å². The smallest absolute Gasteiger partial charge is 0.223 e. The van der Waals surface area contributed by atoms with Gasteiger partial charge in [-0.15, -0.1) is 0 Å². The summed E-state index contributed by atoms with van der Waals surface area (Å²) in [6.07, 6.45) is 6.97. The van der Waals surface area contributed by atoms with Gasteiger partial charge >= 0.3 is 0 Å². The Morgan fingerprint density at radius 1 is 0.538 bits per heavy atom. The van der Waals surface area contributed by atoms with Gasteiger partial charge in [0.2, 0.25) is 34.0 Å². The summed E-state index contributed by atoms with van der Waals surface area (Å²) >= 11 is 0. The molecular weight excluding hydrogens is 674 g/mol. The van der Waals surface area contributed by atoms with Gasteiger partial charge in [0.05, 0.1) is 17.1 Å². The number of aromatic nitrogens is 3. The van der Waals surface area contributed by atoms with Crippen molar-refractivity contribution in [2.45, 2.75) is 78.9 Å². The monoisotopic (exact) mass is 725 g/mol. The quantitative estimate of drug-likeness (QED) is 0.0841. The first-order valence-electron chi connectivity index (χ1n) is 17.5. The zero-order chi connectivity index (χ0) is 38.2. The second kappa shape index (κ2) is 20.5. The number of aryl methyl sites for hydroxylation is 3. The average Bonchev–Trinajstić information content (AvgIpc) is 3.12. The molecule has 0 aliphatic heterocycles. The molecule has 0 saturated heterocycles. The summed E-state index contributed by atoms with van der Waals surface area (Å²) in [5.41, 5.74) is 0.0347. The van der Waals surface area contributed by atoms with E-state index in [0.717, 1.165) is 0 Å². The highest BCUT2D eigenvalue weighted by molar-refractivity contribution is 5.77. The fraction of sp³-hybridized carbons (Fsp3) is 0.500. The Morgan fingerprint density at radius 3 is 1.08 bits per heavy atom. The molecule has 3 aromatic heterocycles. The van der Waals surface area contributed by atoms with Crippen molar-refractivity contribution in [3.63, 3.8) is 0 Å². The Morgan fingerprint density at radius 2 is 0.808 bits per heavy atom. The first-order valence-corrected chi connectivity index (χ1v) is 17.5. The van der Waals surface area contributed by atoms with Crippen LogP contribution in [0.3, 0.4) is 0 Å². The minimum atomic E-state index is -0.443. The van der Waals surface area contributed by atoms with E-state index in [2.05, 4.69) is 16.0 Å². The fourth-order valence-electron chi connectivity index (χ4n) is 5.53. The predicted molar refractivity (Wildman–Crippen MR) is 194 cm³/mol. The van der Waals surface area contributed by atoms with Gasteiger partial charge in [0.1, 0.15) is 0 Å². The van der Waals surface area contributed by atoms with Crippen molar-refractivity contribution in [1.82, 2.24) is 34.6 Å². The SMILES string of the molecule is Cc1c(O)c(=O)ccn1CCCNC(=O)CCN(CCC(=O)NCCCn1ccc(=O)c(O)c1C)CCC(=O)NCCCn1ccc(=O)c(O)c1C. The van der Waals surface area contributed by atoms with E-state index >= 15 is 0 Å². The van der Waals surface area contributed by atoms with Gasteiger partial charge in [-0.3, -0.25) is 28.8 Å². The summed E-state index contributed by atoms with van der Waals surface area (Å²) in [5, 5.41) is 38.2. The van der Waals surface area contributed by atoms with Crippen LogP contribution in [0, 0.1) is 20.8 Å². The second-order valence-electron chi connectivity index (χ2n) is 12.6. The van der Waals surface area contributed by atoms with E-state index in [1.54, 1.807) is 53.1 Å². The maximum atomic E-state index is 12.7. The van der Waals surface area contributed by atoms with E-state index in [0.29, 0.717) is 95.2 Å². The third kappa shape index (κ3) is 12.7. The molecule has 6 N–H and O–H groups in total. The number of carbonyl (C=O) groups is 3. The molecule has 0 aliphatic rings. The molecule has 3 amide bonds. The molecule has 3 heterocycles. The Bertz CT molecular complexity index is 1650. The van der Waals surface area contributed by atoms with Crippen LogP contribution in [-0.4, -0.2) is 90.9 Å². The van der Waals surface area contributed by atoms with Crippen molar-refractivity contribution in [2.24, 2.45) is 0 Å². The molecule has 284 valence electrons. The Hall–Kier alpha value is -5.38. The van der Waals surface area contributed by atoms with Gasteiger partial charge in [-0.2, -0.15) is 0 Å². The van der Waals surface area contributed by atoms with Crippen LogP contribution in [0.25, 0.3) is 0 Å². The van der Waals surface area contributed by atoms with E-state index in [1.807, 2.05) is 4.90 Å². The van der Waals surface area contributed by atoms with Gasteiger partial charge in [-0.05, 0) is 40.0 Å². The number of hydrogen-bond donors (Lipinski definition) is 6. The van der Waals surface area contributed by atoms with Crippen LogP contribution in [-0.2, 0) is 34.0 Å². The highest BCUT2D eigenvalue weighted by atomic mass is 16.3. The molecule has 0 atom stereocenters. The first-order chi connectivity index (χ1) is 24.8. The molecule has 0 saturated carbocycles. The van der Waals surface area contributed by atoms with E-state index in [4.69, 9.17) is 0 Å². The van der Waals surface area contributed by atoms with Crippen LogP contribution in [0.2, 0.25) is 0 Å². The number of aromatic hydroxyl groups is 3. The number of amides is 3. The van der Waals surface area contributed by atoms with Crippen molar-refractivity contribution in [3.05, 3.63) is 84.5 Å². The second-order valence-corrected chi connectivity index (χ2v) is 12.6. The van der Waals surface area contributed by atoms with E-state index in [9.17, 15) is 44.1 Å². The van der Waals surface area contributed by atoms with Crippen molar-refractivity contribution in [1.29, 1.82) is 0 Å². The molecule has 0 unspecified atom stereocenters. The Kier molecular flexibility index (Phi) is 16.2. The summed E-state index contributed by atoms with van der Waals surface area (Å²) < 4.78 is 5.23. The van der Waals surface area contributed by atoms with Gasteiger partial charge in [0, 0.05) is 115 Å². The third-order valence-corrected chi connectivity index (χ3v) is 8.90. The lowest BCUT2D eigenvalue weighted by atomic mass is 10.2. The van der Waals surface area contributed by atoms with Crippen LogP contribution >= 0.6 is 0 Å². The Labute approximate surface area is 301 Å². The molecule has 0 aromatic carbocycles. The lowest BCUT2D eigenvalue weighted by molar-refractivity contribution is -0.121. The highest BCUT2D eigenvalue weighted by Crippen LogP contribution is 2.11. The largest absolute Gasteiger partial charge is 0.503 e. The zero-order valence-electron chi connectivity index (χ0n) is 30.2. The van der Waals surface area contributed by atoms with Crippen LogP contribution in [0.4, 0.5) is 0 Å². The molecule has 0 aliphatic carbocycles. The van der Waals surface area contributed by atoms with E-state index < -0.39 is 16.3 Å². The number of hydrogen-bond acceptors (Lipinski definition) is 10. The summed E-state index contributed by atoms with van der Waals surface area (Å²) in [4.78, 5) is 74.6. The van der Waals surface area contributed by atoms with Crippen LogP contribution in [0.15, 0.2) is 51.2 Å². The molecule has 0 spiro atoms. The highest BCUT2D eigenvalue weighted by Gasteiger charge is 2.14. The number of nitrogens with zero attached hydrogens (tertiary/aromatic N) is 4. The standard InChI is InChI=1S/C36H51N7O9/c1-25-34(50)28(44)7-22-41(25)16-4-13-37-31(47)10-19-40(20-11-32(48)38-14-5-17-42-23-8-29(45)35(51)26(42)2)21-12-33(49)39-15-6-18-43-24-9-30(46)36(52)27(43)3/h7-9,22-24,50-52H,4-6,10-21H2,1-3H3,(H,37,47)(H,38,48)(H,39,49). The molecule has 0 fully saturated rings. The van der Waals surface area contributed by atoms with Crippen LogP contribution < -0.4 is 32.2 Å². The maximum Gasteiger partial charge on any atom is 0.223 e. The average molecular weight is 726 g/mol. The summed E-state index contributed by atoms with van der Waals surface area (Å²) in [5.74, 6) is -1.45. The Balaban J connectivity index is 1.44. The number of nitrogens with one attached hydrogen (secondary N) is 3. The van der Waals surface area contributed by atoms with E-state index in [1.165, 1.54) is 18.2 Å². The normalized spacial score (nSPS) is 11.1. The predicted octanol–water partition coefficient (Wildman–Crippen LogP) is 0.605. The molecule has 0 bridgehead atoms. The summed E-state index contributed by atoms with van der Waals surface area (Å²) in [6.45, 7) is 8.55. The lowest BCUT2D eigenvalue weighted by Crippen LogP contribution is -2.37. The van der Waals surface area contributed by atoms with Crippen molar-refractivity contribution >= 4 is 17.7 Å². The molecular formula is C36H51N7O9. The molecule has 3 aromatic rings. The summed E-state index contributed by atoms with van der Waals surface area (Å²) in [7, 11) is 0. The first kappa shape index (κ1) is 41.0. The number of carbonyl (C=O) groups excluding carboxylic acids is 3. The number of rotatable bonds is 21. The van der Waals surface area contributed by atoms with Gasteiger partial charge in [0.25, 0.3) is 0 Å². The van der Waals surface area contributed by atoms with Crippen molar-refractivity contribution < 1.29 is 29.7 Å².